The van der Waals surface area contributed by atoms with Gasteiger partial charge >= 0.3 is 0 Å². The van der Waals surface area contributed by atoms with E-state index in [0.717, 1.165) is 43.9 Å². The number of benzene rings is 1. The van der Waals surface area contributed by atoms with Gasteiger partial charge in [-0.05, 0) is 37.4 Å². The number of guanidine groups is 1. The van der Waals surface area contributed by atoms with Crippen molar-refractivity contribution in [3.8, 4) is 5.75 Å². The highest BCUT2D eigenvalue weighted by atomic mass is 16.5. The van der Waals surface area contributed by atoms with E-state index in [0.29, 0.717) is 11.9 Å². The number of aliphatic imine (C=N–C) groups is 1. The molecule has 0 aliphatic carbocycles. The Balaban J connectivity index is 2.01. The van der Waals surface area contributed by atoms with Crippen molar-refractivity contribution in [3.05, 3.63) is 24.3 Å². The molecule has 2 heterocycles. The maximum atomic E-state index is 6.24. The fourth-order valence-electron chi connectivity index (χ4n) is 3.73. The van der Waals surface area contributed by atoms with Crippen LogP contribution >= 0.6 is 0 Å². The minimum absolute atomic E-state index is 0.0104. The van der Waals surface area contributed by atoms with Crippen LogP contribution in [0, 0.1) is 5.92 Å². The van der Waals surface area contributed by atoms with Crippen LogP contribution in [-0.2, 0) is 0 Å². The van der Waals surface area contributed by atoms with E-state index in [4.69, 9.17) is 10.5 Å². The first-order valence-electron chi connectivity index (χ1n) is 7.66. The molecule has 2 atom stereocenters. The van der Waals surface area contributed by atoms with E-state index in [2.05, 4.69) is 28.2 Å². The average molecular weight is 288 g/mol. The average Bonchev–Trinajstić information content (AvgIpc) is 2.85. The SMILES string of the molecule is CCC1CNCCC12CN=C(N)N2c1cccc(OC)c1. The summed E-state index contributed by atoms with van der Waals surface area (Å²) >= 11 is 0. The summed E-state index contributed by atoms with van der Waals surface area (Å²) in [6, 6.07) is 8.10. The lowest BCUT2D eigenvalue weighted by atomic mass is 9.76. The molecule has 2 aliphatic heterocycles. The van der Waals surface area contributed by atoms with Crippen LogP contribution in [-0.4, -0.2) is 38.2 Å². The van der Waals surface area contributed by atoms with Gasteiger partial charge in [0.2, 0.25) is 0 Å². The lowest BCUT2D eigenvalue weighted by Gasteiger charge is -2.47. The first-order chi connectivity index (χ1) is 10.2. The molecule has 21 heavy (non-hydrogen) atoms. The highest BCUT2D eigenvalue weighted by molar-refractivity contribution is 5.98. The number of piperidine rings is 1. The highest BCUT2D eigenvalue weighted by Crippen LogP contribution is 2.40. The van der Waals surface area contributed by atoms with Crippen LogP contribution in [0.1, 0.15) is 19.8 Å². The molecule has 3 N–H and O–H groups in total. The quantitative estimate of drug-likeness (QED) is 0.886. The Morgan fingerprint density at radius 3 is 3.14 bits per heavy atom. The van der Waals surface area contributed by atoms with Gasteiger partial charge < -0.3 is 20.7 Å². The molecule has 1 saturated heterocycles. The Bertz CT molecular complexity index is 545. The maximum absolute atomic E-state index is 6.24. The summed E-state index contributed by atoms with van der Waals surface area (Å²) < 4.78 is 5.36. The number of nitrogens with zero attached hydrogens (tertiary/aromatic N) is 2. The van der Waals surface area contributed by atoms with Crippen LogP contribution in [0.2, 0.25) is 0 Å². The predicted molar refractivity (Wildman–Crippen MR) is 86.0 cm³/mol. The zero-order chi connectivity index (χ0) is 14.9. The van der Waals surface area contributed by atoms with Gasteiger partial charge in [0, 0.05) is 18.3 Å². The Morgan fingerprint density at radius 1 is 1.52 bits per heavy atom. The van der Waals surface area contributed by atoms with Gasteiger partial charge in [0.25, 0.3) is 0 Å². The Kier molecular flexibility index (Phi) is 3.76. The minimum atomic E-state index is 0.0104. The summed E-state index contributed by atoms with van der Waals surface area (Å²) in [7, 11) is 1.69. The predicted octanol–water partition coefficient (Wildman–Crippen LogP) is 1.59. The standard InChI is InChI=1S/C16H24N4O/c1-3-12-10-18-8-7-16(12)11-19-15(17)20(16)13-5-4-6-14(9-13)21-2/h4-6,9,12,18H,3,7-8,10-11H2,1-2H3,(H2,17,19). The maximum Gasteiger partial charge on any atom is 0.196 e. The fraction of sp³-hybridized carbons (Fsp3) is 0.562. The first kappa shape index (κ1) is 14.2. The smallest absolute Gasteiger partial charge is 0.196 e. The van der Waals surface area contributed by atoms with Crippen molar-refractivity contribution in [2.24, 2.45) is 16.6 Å². The summed E-state index contributed by atoms with van der Waals surface area (Å²) in [4.78, 5) is 6.82. The van der Waals surface area contributed by atoms with Crippen LogP contribution in [0.25, 0.3) is 0 Å². The third-order valence-corrected chi connectivity index (χ3v) is 4.88. The van der Waals surface area contributed by atoms with E-state index in [1.165, 1.54) is 0 Å². The summed E-state index contributed by atoms with van der Waals surface area (Å²) in [6.07, 6.45) is 2.18. The molecule has 114 valence electrons. The molecular formula is C16H24N4O. The highest BCUT2D eigenvalue weighted by Gasteiger charge is 2.49. The Morgan fingerprint density at radius 2 is 2.38 bits per heavy atom. The molecule has 5 nitrogen and oxygen atoms in total. The summed E-state index contributed by atoms with van der Waals surface area (Å²) in [5.74, 6) is 2.02. The van der Waals surface area contributed by atoms with Crippen molar-refractivity contribution in [2.45, 2.75) is 25.3 Å². The molecule has 0 saturated carbocycles. The second kappa shape index (κ2) is 5.56. The number of nitrogens with one attached hydrogen (secondary N) is 1. The zero-order valence-corrected chi connectivity index (χ0v) is 12.8. The van der Waals surface area contributed by atoms with Crippen LogP contribution in [0.5, 0.6) is 5.75 Å². The zero-order valence-electron chi connectivity index (χ0n) is 12.8. The van der Waals surface area contributed by atoms with Crippen molar-refractivity contribution in [3.63, 3.8) is 0 Å². The van der Waals surface area contributed by atoms with E-state index >= 15 is 0 Å². The molecule has 5 heteroatoms. The van der Waals surface area contributed by atoms with E-state index in [-0.39, 0.29) is 5.54 Å². The van der Waals surface area contributed by atoms with E-state index < -0.39 is 0 Å². The molecule has 3 rings (SSSR count). The van der Waals surface area contributed by atoms with Crippen molar-refractivity contribution >= 4 is 11.6 Å². The van der Waals surface area contributed by atoms with Crippen molar-refractivity contribution < 1.29 is 4.74 Å². The van der Waals surface area contributed by atoms with E-state index in [1.54, 1.807) is 7.11 Å². The van der Waals surface area contributed by atoms with Gasteiger partial charge in [-0.15, -0.1) is 0 Å². The third-order valence-electron chi connectivity index (χ3n) is 4.88. The van der Waals surface area contributed by atoms with Crippen LogP contribution in [0.3, 0.4) is 0 Å². The number of anilines is 1. The first-order valence-corrected chi connectivity index (χ1v) is 7.66. The number of methoxy groups -OCH3 is 1. The number of hydrogen-bond donors (Lipinski definition) is 2. The number of ether oxygens (including phenoxy) is 1. The lowest BCUT2D eigenvalue weighted by molar-refractivity contribution is 0.216. The normalized spacial score (nSPS) is 28.8. The van der Waals surface area contributed by atoms with Crippen molar-refractivity contribution in [2.75, 3.05) is 31.6 Å². The molecular weight excluding hydrogens is 264 g/mol. The van der Waals surface area contributed by atoms with E-state index in [1.807, 2.05) is 18.2 Å². The van der Waals surface area contributed by atoms with Gasteiger partial charge in [0.1, 0.15) is 5.75 Å². The topological polar surface area (TPSA) is 62.9 Å². The molecule has 1 fully saturated rings. The number of hydrogen-bond acceptors (Lipinski definition) is 5. The second-order valence-corrected chi connectivity index (χ2v) is 5.87. The van der Waals surface area contributed by atoms with E-state index in [9.17, 15) is 0 Å². The van der Waals surface area contributed by atoms with Gasteiger partial charge in [-0.25, -0.2) is 0 Å². The molecule has 2 unspecified atom stereocenters. The van der Waals surface area contributed by atoms with Crippen LogP contribution < -0.4 is 20.7 Å². The summed E-state index contributed by atoms with van der Waals surface area (Å²) in [5.41, 5.74) is 7.33. The largest absolute Gasteiger partial charge is 0.497 e. The van der Waals surface area contributed by atoms with Crippen LogP contribution in [0.15, 0.2) is 29.3 Å². The monoisotopic (exact) mass is 288 g/mol. The molecule has 1 aromatic carbocycles. The second-order valence-electron chi connectivity index (χ2n) is 5.87. The molecule has 1 aromatic rings. The Hall–Kier alpha value is -1.75. The number of rotatable bonds is 3. The molecule has 0 aromatic heterocycles. The van der Waals surface area contributed by atoms with Crippen LogP contribution in [0.4, 0.5) is 5.69 Å². The summed E-state index contributed by atoms with van der Waals surface area (Å²) in [6.45, 7) is 5.08. The molecule has 0 amide bonds. The van der Waals surface area contributed by atoms with Gasteiger partial charge in [0.05, 0.1) is 19.2 Å². The molecule has 1 spiro atoms. The van der Waals surface area contributed by atoms with Gasteiger partial charge in [-0.3, -0.25) is 4.99 Å². The minimum Gasteiger partial charge on any atom is -0.497 e. The summed E-state index contributed by atoms with van der Waals surface area (Å²) in [5, 5.41) is 3.50. The third kappa shape index (κ3) is 2.25. The molecule has 0 radical (unpaired) electrons. The molecule has 0 bridgehead atoms. The van der Waals surface area contributed by atoms with Crippen molar-refractivity contribution in [1.82, 2.24) is 5.32 Å². The lowest BCUT2D eigenvalue weighted by Crippen LogP contribution is -2.62. The number of nitrogens with two attached hydrogens (primary N) is 1. The Labute approximate surface area is 126 Å². The fourth-order valence-corrected chi connectivity index (χ4v) is 3.73. The van der Waals surface area contributed by atoms with Crippen molar-refractivity contribution in [1.29, 1.82) is 0 Å². The molecule has 2 aliphatic rings. The van der Waals surface area contributed by atoms with Gasteiger partial charge in [-0.1, -0.05) is 13.0 Å². The van der Waals surface area contributed by atoms with Gasteiger partial charge in [-0.2, -0.15) is 0 Å². The van der Waals surface area contributed by atoms with Gasteiger partial charge in [0.15, 0.2) is 5.96 Å².